The maximum Gasteiger partial charge on any atom is 0.343 e. The maximum absolute atomic E-state index is 12.6. The van der Waals surface area contributed by atoms with E-state index in [0.717, 1.165) is 11.3 Å². The minimum Gasteiger partial charge on any atom is -0.497 e. The first-order valence-electron chi connectivity index (χ1n) is 9.16. The summed E-state index contributed by atoms with van der Waals surface area (Å²) in [6.45, 7) is 0. The van der Waals surface area contributed by atoms with E-state index in [1.165, 1.54) is 6.07 Å². The molecule has 0 atom stereocenters. The van der Waals surface area contributed by atoms with E-state index in [-0.39, 0.29) is 17.3 Å². The van der Waals surface area contributed by atoms with E-state index in [1.54, 1.807) is 68.8 Å². The van der Waals surface area contributed by atoms with Crippen LogP contribution in [0.5, 0.6) is 23.0 Å². The van der Waals surface area contributed by atoms with Gasteiger partial charge in [-0.1, -0.05) is 12.1 Å². The van der Waals surface area contributed by atoms with Crippen molar-refractivity contribution in [3.8, 4) is 23.0 Å². The van der Waals surface area contributed by atoms with Gasteiger partial charge in [0.25, 0.3) is 0 Å². The molecular weight excluding hydrogens is 384 g/mol. The van der Waals surface area contributed by atoms with Crippen molar-refractivity contribution < 1.29 is 28.5 Å². The number of methoxy groups -OCH3 is 2. The predicted octanol–water partition coefficient (Wildman–Crippen LogP) is 4.54. The second kappa shape index (κ2) is 8.13. The number of esters is 1. The molecule has 0 spiro atoms. The predicted molar refractivity (Wildman–Crippen MR) is 110 cm³/mol. The fraction of sp³-hybridized carbons (Fsp3) is 0.0833. The van der Waals surface area contributed by atoms with Crippen LogP contribution in [0.2, 0.25) is 0 Å². The lowest BCUT2D eigenvalue weighted by molar-refractivity contribution is 0.0734. The number of hydrogen-bond acceptors (Lipinski definition) is 6. The molecule has 0 saturated carbocycles. The zero-order chi connectivity index (χ0) is 21.1. The van der Waals surface area contributed by atoms with Gasteiger partial charge in [-0.15, -0.1) is 0 Å². The Balaban J connectivity index is 1.51. The molecule has 0 N–H and O–H groups in total. The van der Waals surface area contributed by atoms with Gasteiger partial charge in [0.1, 0.15) is 23.0 Å². The summed E-state index contributed by atoms with van der Waals surface area (Å²) in [6.07, 6.45) is 1.66. The summed E-state index contributed by atoms with van der Waals surface area (Å²) in [4.78, 5) is 24.9. The minimum absolute atomic E-state index is 0.203. The second-order valence-electron chi connectivity index (χ2n) is 6.49. The maximum atomic E-state index is 12.6. The van der Waals surface area contributed by atoms with Crippen molar-refractivity contribution in [3.05, 3.63) is 89.2 Å². The number of ether oxygens (including phenoxy) is 4. The van der Waals surface area contributed by atoms with Crippen LogP contribution in [0.25, 0.3) is 6.08 Å². The molecule has 0 fully saturated rings. The van der Waals surface area contributed by atoms with E-state index in [2.05, 4.69) is 0 Å². The molecule has 0 radical (unpaired) electrons. The molecule has 0 saturated heterocycles. The first-order chi connectivity index (χ1) is 14.6. The normalized spacial score (nSPS) is 13.5. The third-order valence-corrected chi connectivity index (χ3v) is 4.59. The smallest absolute Gasteiger partial charge is 0.343 e. The number of benzene rings is 3. The van der Waals surface area contributed by atoms with Crippen LogP contribution in [0.4, 0.5) is 0 Å². The van der Waals surface area contributed by atoms with Gasteiger partial charge in [-0.05, 0) is 60.2 Å². The molecule has 1 aliphatic rings. The standard InChI is InChI=1S/C24H18O6/c1-27-17-7-3-15(4-8-17)13-22-23(25)20-12-11-19(14-21(20)30-22)29-24(26)16-5-9-18(28-2)10-6-16/h3-14H,1-2H3/b22-13-. The third kappa shape index (κ3) is 3.89. The van der Waals surface area contributed by atoms with Crippen molar-refractivity contribution in [2.75, 3.05) is 14.2 Å². The van der Waals surface area contributed by atoms with Crippen molar-refractivity contribution in [2.24, 2.45) is 0 Å². The summed E-state index contributed by atoms with van der Waals surface area (Å²) in [6, 6.07) is 18.5. The summed E-state index contributed by atoms with van der Waals surface area (Å²) in [5.41, 5.74) is 1.60. The van der Waals surface area contributed by atoms with Gasteiger partial charge < -0.3 is 18.9 Å². The molecular formula is C24H18O6. The summed E-state index contributed by atoms with van der Waals surface area (Å²) < 4.78 is 21.3. The van der Waals surface area contributed by atoms with Gasteiger partial charge >= 0.3 is 5.97 Å². The largest absolute Gasteiger partial charge is 0.497 e. The highest BCUT2D eigenvalue weighted by molar-refractivity contribution is 6.14. The fourth-order valence-electron chi connectivity index (χ4n) is 2.98. The van der Waals surface area contributed by atoms with Crippen molar-refractivity contribution >= 4 is 17.8 Å². The number of hydrogen-bond donors (Lipinski definition) is 0. The third-order valence-electron chi connectivity index (χ3n) is 4.59. The van der Waals surface area contributed by atoms with Crippen molar-refractivity contribution in [3.63, 3.8) is 0 Å². The molecule has 1 heterocycles. The zero-order valence-electron chi connectivity index (χ0n) is 16.4. The van der Waals surface area contributed by atoms with Crippen molar-refractivity contribution in [1.82, 2.24) is 0 Å². The Bertz CT molecular complexity index is 1130. The molecule has 6 heteroatoms. The number of Topliss-reactive ketones (excluding diaryl/α,β-unsaturated/α-hetero) is 1. The van der Waals surface area contributed by atoms with Gasteiger partial charge in [0, 0.05) is 6.07 Å². The number of carbonyl (C=O) groups is 2. The molecule has 0 aliphatic carbocycles. The Morgan fingerprint density at radius 3 is 2.07 bits per heavy atom. The van der Waals surface area contributed by atoms with Gasteiger partial charge in [0.2, 0.25) is 5.78 Å². The van der Waals surface area contributed by atoms with Gasteiger partial charge in [-0.2, -0.15) is 0 Å². The highest BCUT2D eigenvalue weighted by Gasteiger charge is 2.28. The molecule has 0 aromatic heterocycles. The topological polar surface area (TPSA) is 71.1 Å². The molecule has 0 unspecified atom stereocenters. The molecule has 1 aliphatic heterocycles. The van der Waals surface area contributed by atoms with Crippen molar-refractivity contribution in [2.45, 2.75) is 0 Å². The van der Waals surface area contributed by atoms with Gasteiger partial charge in [0.15, 0.2) is 5.76 Å². The van der Waals surface area contributed by atoms with Crippen molar-refractivity contribution in [1.29, 1.82) is 0 Å². The van der Waals surface area contributed by atoms with E-state index in [1.807, 2.05) is 12.1 Å². The fourth-order valence-corrected chi connectivity index (χ4v) is 2.98. The van der Waals surface area contributed by atoms with E-state index >= 15 is 0 Å². The van der Waals surface area contributed by atoms with Crippen LogP contribution < -0.4 is 18.9 Å². The summed E-state index contributed by atoms with van der Waals surface area (Å²) in [7, 11) is 3.14. The van der Waals surface area contributed by atoms with Crippen LogP contribution in [-0.2, 0) is 0 Å². The Hall–Kier alpha value is -4.06. The van der Waals surface area contributed by atoms with E-state index in [4.69, 9.17) is 18.9 Å². The average molecular weight is 402 g/mol. The number of ketones is 1. The van der Waals surface area contributed by atoms with E-state index in [0.29, 0.717) is 22.6 Å². The molecule has 0 bridgehead atoms. The lowest BCUT2D eigenvalue weighted by Gasteiger charge is -2.06. The quantitative estimate of drug-likeness (QED) is 0.355. The first-order valence-corrected chi connectivity index (χ1v) is 9.16. The van der Waals surface area contributed by atoms with Gasteiger partial charge in [-0.25, -0.2) is 4.79 Å². The van der Waals surface area contributed by atoms with Crippen LogP contribution in [0.3, 0.4) is 0 Å². The number of carbonyl (C=O) groups excluding carboxylic acids is 2. The van der Waals surface area contributed by atoms with E-state index < -0.39 is 5.97 Å². The Kier molecular flexibility index (Phi) is 5.22. The molecule has 3 aromatic rings. The monoisotopic (exact) mass is 402 g/mol. The van der Waals surface area contributed by atoms with Crippen LogP contribution in [-0.4, -0.2) is 26.0 Å². The second-order valence-corrected chi connectivity index (χ2v) is 6.49. The van der Waals surface area contributed by atoms with Crippen LogP contribution in [0, 0.1) is 0 Å². The number of allylic oxidation sites excluding steroid dienone is 1. The molecule has 30 heavy (non-hydrogen) atoms. The SMILES string of the molecule is COc1ccc(/C=C2\Oc3cc(OC(=O)c4ccc(OC)cc4)ccc3C2=O)cc1. The highest BCUT2D eigenvalue weighted by Crippen LogP contribution is 2.35. The van der Waals surface area contributed by atoms with Crippen LogP contribution >= 0.6 is 0 Å². The molecule has 6 nitrogen and oxygen atoms in total. The Morgan fingerprint density at radius 1 is 0.833 bits per heavy atom. The van der Waals surface area contributed by atoms with E-state index in [9.17, 15) is 9.59 Å². The number of rotatable bonds is 5. The molecule has 3 aromatic carbocycles. The van der Waals surface area contributed by atoms with Crippen LogP contribution in [0.1, 0.15) is 26.3 Å². The first kappa shape index (κ1) is 19.3. The summed E-state index contributed by atoms with van der Waals surface area (Å²) in [5.74, 6) is 1.46. The summed E-state index contributed by atoms with van der Waals surface area (Å²) in [5, 5.41) is 0. The zero-order valence-corrected chi connectivity index (χ0v) is 16.4. The Labute approximate surface area is 173 Å². The lowest BCUT2D eigenvalue weighted by atomic mass is 10.1. The van der Waals surface area contributed by atoms with Crippen LogP contribution in [0.15, 0.2) is 72.5 Å². The average Bonchev–Trinajstić information content (AvgIpc) is 3.08. The van der Waals surface area contributed by atoms with Gasteiger partial charge in [0.05, 0.1) is 25.3 Å². The summed E-state index contributed by atoms with van der Waals surface area (Å²) >= 11 is 0. The number of fused-ring (bicyclic) bond motifs is 1. The Morgan fingerprint density at radius 2 is 1.43 bits per heavy atom. The molecule has 0 amide bonds. The van der Waals surface area contributed by atoms with Gasteiger partial charge in [-0.3, -0.25) is 4.79 Å². The lowest BCUT2D eigenvalue weighted by Crippen LogP contribution is -2.08. The molecule has 4 rings (SSSR count). The minimum atomic E-state index is -0.518. The molecule has 150 valence electrons. The highest BCUT2D eigenvalue weighted by atomic mass is 16.5.